The number of aromatic nitrogens is 2. The zero-order chi connectivity index (χ0) is 78.9. The summed E-state index contributed by atoms with van der Waals surface area (Å²) in [6.45, 7) is 23.6. The number of carbonyl (C=O) groups excluding carboxylic acids is 6. The molecule has 6 amide bonds. The number of hydrogen-bond acceptors (Lipinski definition) is 18. The number of rotatable bonds is 24. The summed E-state index contributed by atoms with van der Waals surface area (Å²) < 4.78 is 63.3. The lowest BCUT2D eigenvalue weighted by Crippen LogP contribution is -2.45. The number of amides is 6. The first-order valence-corrected chi connectivity index (χ1v) is 40.0. The van der Waals surface area contributed by atoms with Crippen molar-refractivity contribution < 1.29 is 74.3 Å². The van der Waals surface area contributed by atoms with Crippen LogP contribution in [0.5, 0.6) is 46.0 Å². The van der Waals surface area contributed by atoms with Gasteiger partial charge in [0, 0.05) is 110 Å². The van der Waals surface area contributed by atoms with E-state index >= 15 is 19.2 Å². The number of hydrogen-bond donors (Lipinski definition) is 2. The van der Waals surface area contributed by atoms with Crippen molar-refractivity contribution >= 4 is 108 Å². The van der Waals surface area contributed by atoms with Crippen molar-refractivity contribution in [3.8, 4) is 46.0 Å². The Kier molecular flexibility index (Phi) is 20.8. The van der Waals surface area contributed by atoms with E-state index in [1.807, 2.05) is 97.1 Å². The van der Waals surface area contributed by atoms with Crippen LogP contribution < -0.4 is 29.6 Å². The first-order valence-electron chi connectivity index (χ1n) is 36.1. The molecule has 0 saturated heterocycles. The number of benzene rings is 9. The van der Waals surface area contributed by atoms with Crippen LogP contribution >= 0.6 is 0 Å². The molecular weight excluding hydrogens is 1430 g/mol. The second-order valence-electron chi connectivity index (χ2n) is 31.7. The lowest BCUT2D eigenvalue weighted by Gasteiger charge is -2.32. The van der Waals surface area contributed by atoms with Crippen molar-refractivity contribution in [2.75, 3.05) is 66.4 Å². The highest BCUT2D eigenvalue weighted by molar-refractivity contribution is 6.60. The Labute approximate surface area is 641 Å². The molecule has 110 heavy (non-hydrogen) atoms. The van der Waals surface area contributed by atoms with Crippen molar-refractivity contribution in [2.24, 2.45) is 0 Å². The zero-order valence-corrected chi connectivity index (χ0v) is 67.2. The van der Waals surface area contributed by atoms with Gasteiger partial charge in [0.05, 0.1) is 22.3 Å². The Hall–Kier alpha value is -10.8. The van der Waals surface area contributed by atoms with Gasteiger partial charge in [-0.05, 0) is 152 Å². The van der Waals surface area contributed by atoms with E-state index in [4.69, 9.17) is 45.5 Å². The molecule has 2 aromatic heterocycles. The first kappa shape index (κ1) is 77.4. The molecule has 0 bridgehead atoms. The molecule has 0 radical (unpaired) electrons. The predicted molar refractivity (Wildman–Crippen MR) is 426 cm³/mol. The standard InChI is InChI=1S/C86H90N6O16Si2/c1-83(2,3)51-19-27-55(28-20-51)105-63-41-59-71-60(80(96)91(79(59)95)45-69(93)89-67-39-49(35-37-87-67)47-109(99-13,100-14)101-15)43-65(107-57-31-23-53(24-32-57)85(7,8)9)75-76-66(108-58-33-25-54(26-34-58)86(10,11)12)44-62-72-61(42-64(74(78(72)76)73(63)77(71)75)106-56-29-21-52(22-30-56)84(4,5)6)81(97)92(82(62)98)46-70(94)90-68-40-50(36-38-88-68)48-110(102-16,103-17)104-18/h19-44H,45-48H2,1-18H3,(H,87,89,93)(H,88,90,94). The zero-order valence-electron chi connectivity index (χ0n) is 65.2. The number of nitrogens with zero attached hydrogens (tertiary/aromatic N) is 4. The fourth-order valence-electron chi connectivity index (χ4n) is 14.2. The van der Waals surface area contributed by atoms with Crippen LogP contribution in [0.3, 0.4) is 0 Å². The predicted octanol–water partition coefficient (Wildman–Crippen LogP) is 17.3. The van der Waals surface area contributed by atoms with Crippen molar-refractivity contribution in [1.82, 2.24) is 19.8 Å². The number of anilines is 2. The maximum atomic E-state index is 16.1. The van der Waals surface area contributed by atoms with E-state index in [1.165, 1.54) is 55.1 Å². The molecule has 24 heteroatoms. The van der Waals surface area contributed by atoms with Crippen molar-refractivity contribution in [3.05, 3.63) is 214 Å². The minimum atomic E-state index is -3.17. The van der Waals surface area contributed by atoms with Gasteiger partial charge in [-0.25, -0.2) is 9.97 Å². The summed E-state index contributed by atoms with van der Waals surface area (Å²) in [5.41, 5.74) is 4.13. The number of carbonyl (C=O) groups is 6. The third kappa shape index (κ3) is 15.0. The molecule has 13 rings (SSSR count). The highest BCUT2D eigenvalue weighted by atomic mass is 28.4. The van der Waals surface area contributed by atoms with E-state index in [1.54, 1.807) is 48.5 Å². The Morgan fingerprint density at radius 1 is 0.336 bits per heavy atom. The van der Waals surface area contributed by atoms with Crippen LogP contribution in [0.15, 0.2) is 158 Å². The van der Waals surface area contributed by atoms with Gasteiger partial charge in [-0.2, -0.15) is 0 Å². The Bertz CT molecular complexity index is 4860. The van der Waals surface area contributed by atoms with Crippen molar-refractivity contribution in [2.45, 2.75) is 117 Å². The van der Waals surface area contributed by atoms with Crippen LogP contribution in [0, 0.1) is 0 Å². The third-order valence-corrected chi connectivity index (χ3v) is 25.8. The summed E-state index contributed by atoms with van der Waals surface area (Å²) in [6, 6.07) is 43.7. The van der Waals surface area contributed by atoms with Gasteiger partial charge < -0.3 is 56.1 Å². The molecule has 2 aliphatic heterocycles. The molecule has 11 aromatic rings. The molecule has 2 aliphatic rings. The molecule has 0 fully saturated rings. The number of nitrogens with one attached hydrogen (secondary N) is 2. The number of fused-ring (bicyclic) bond motifs is 2. The Morgan fingerprint density at radius 3 is 0.791 bits per heavy atom. The minimum Gasteiger partial charge on any atom is -0.457 e. The number of pyridine rings is 2. The lowest BCUT2D eigenvalue weighted by molar-refractivity contribution is -0.117. The maximum Gasteiger partial charge on any atom is 0.504 e. The van der Waals surface area contributed by atoms with Gasteiger partial charge >= 0.3 is 17.6 Å². The van der Waals surface area contributed by atoms with E-state index in [9.17, 15) is 9.59 Å². The summed E-state index contributed by atoms with van der Waals surface area (Å²) in [5, 5.41) is 7.52. The average molecular weight is 1520 g/mol. The van der Waals surface area contributed by atoms with E-state index < -0.39 is 66.1 Å². The highest BCUT2D eigenvalue weighted by Crippen LogP contribution is 2.58. The second kappa shape index (κ2) is 29.5. The Morgan fingerprint density at radius 2 is 0.573 bits per heavy atom. The Balaban J connectivity index is 1.10. The molecule has 4 heterocycles. The first-order chi connectivity index (χ1) is 52.1. The van der Waals surface area contributed by atoms with Crippen LogP contribution in [0.2, 0.25) is 0 Å². The normalized spacial score (nSPS) is 13.7. The van der Waals surface area contributed by atoms with Gasteiger partial charge in [0.2, 0.25) is 11.8 Å². The summed E-state index contributed by atoms with van der Waals surface area (Å²) >= 11 is 0. The molecule has 0 saturated carbocycles. The summed E-state index contributed by atoms with van der Waals surface area (Å²) in [7, 11) is 2.66. The summed E-state index contributed by atoms with van der Waals surface area (Å²) in [6.07, 6.45) is 3.01. The van der Waals surface area contributed by atoms with E-state index in [0.717, 1.165) is 32.1 Å². The van der Waals surface area contributed by atoms with E-state index in [-0.39, 0.29) is 134 Å². The molecule has 0 aliphatic carbocycles. The van der Waals surface area contributed by atoms with Crippen LogP contribution in [-0.4, -0.2) is 129 Å². The third-order valence-electron chi connectivity index (χ3n) is 20.4. The van der Waals surface area contributed by atoms with Gasteiger partial charge in [0.25, 0.3) is 23.6 Å². The van der Waals surface area contributed by atoms with Crippen LogP contribution in [0.25, 0.3) is 43.1 Å². The van der Waals surface area contributed by atoms with Gasteiger partial charge in [0.1, 0.15) is 70.7 Å². The van der Waals surface area contributed by atoms with Crippen molar-refractivity contribution in [3.63, 3.8) is 0 Å². The molecule has 2 N–H and O–H groups in total. The summed E-state index contributed by atoms with van der Waals surface area (Å²) in [4.78, 5) is 104. The molecule has 22 nitrogen and oxygen atoms in total. The van der Waals surface area contributed by atoms with Gasteiger partial charge in [0.15, 0.2) is 0 Å². The van der Waals surface area contributed by atoms with Crippen LogP contribution in [0.4, 0.5) is 11.6 Å². The second-order valence-corrected chi connectivity index (χ2v) is 37.6. The number of ether oxygens (including phenoxy) is 4. The van der Waals surface area contributed by atoms with E-state index in [2.05, 4.69) is 104 Å². The SMILES string of the molecule is CO[Si](Cc1ccnc(NC(=O)CN2C(=O)c3cc(Oc4ccc(C(C)(C)C)cc4)c4c5c(Oc6ccc(C(C)(C)C)cc6)cc6c7c(cc(Oc8ccc(C(C)(C)C)cc8)c(c8c(Oc9ccc(C(C)(C)C)cc9)cc(c3c48)C2=O)c75)C(=O)N(CC(=O)Nc2cc(C[Si](OC)(OC)OC)ccn2)C6=O)c1)(OC)OC. The number of imide groups is 2. The highest BCUT2D eigenvalue weighted by Gasteiger charge is 2.44. The molecule has 9 aromatic carbocycles. The molecule has 0 unspecified atom stereocenters. The lowest BCUT2D eigenvalue weighted by atomic mass is 9.80. The monoisotopic (exact) mass is 1520 g/mol. The summed E-state index contributed by atoms with van der Waals surface area (Å²) in [5.74, 6) is -3.00. The van der Waals surface area contributed by atoms with Gasteiger partial charge in [-0.1, -0.05) is 132 Å². The largest absolute Gasteiger partial charge is 0.504 e. The topological polar surface area (TPSA) is 251 Å². The van der Waals surface area contributed by atoms with E-state index in [0.29, 0.717) is 34.1 Å². The fraction of sp³-hybridized carbons (Fsp3) is 0.302. The van der Waals surface area contributed by atoms with Crippen molar-refractivity contribution in [1.29, 1.82) is 0 Å². The molecule has 0 spiro atoms. The smallest absolute Gasteiger partial charge is 0.457 e. The quantitative estimate of drug-likeness (QED) is 0.0247. The average Bonchev–Trinajstić information content (AvgIpc) is 0.671. The van der Waals surface area contributed by atoms with Crippen LogP contribution in [0.1, 0.15) is 158 Å². The fourth-order valence-corrected chi connectivity index (χ4v) is 17.5. The molecule has 568 valence electrons. The maximum absolute atomic E-state index is 16.1. The van der Waals surface area contributed by atoms with Crippen LogP contribution in [-0.2, 0) is 69.9 Å². The molecule has 0 atom stereocenters. The molecular formula is C86H90N6O16Si2. The minimum absolute atomic E-state index is 0.0273. The van der Waals surface area contributed by atoms with Gasteiger partial charge in [-0.15, -0.1) is 0 Å². The van der Waals surface area contributed by atoms with Gasteiger partial charge in [-0.3, -0.25) is 38.6 Å².